The normalized spacial score (nSPS) is 17.5. The zero-order valence-corrected chi connectivity index (χ0v) is 12.0. The predicted molar refractivity (Wildman–Crippen MR) is 75.8 cm³/mol. The second-order valence-corrected chi connectivity index (χ2v) is 6.66. The average Bonchev–Trinajstić information content (AvgIpc) is 2.71. The van der Waals surface area contributed by atoms with Crippen LogP contribution in [0.3, 0.4) is 0 Å². The molecule has 1 N–H and O–H groups in total. The first-order valence-electron chi connectivity index (χ1n) is 6.35. The van der Waals surface area contributed by atoms with Crippen LogP contribution >= 0.6 is 0 Å². The third-order valence-electron chi connectivity index (χ3n) is 3.20. The minimum Gasteiger partial charge on any atom is -0.326 e. The second-order valence-electron chi connectivity index (χ2n) is 4.64. The summed E-state index contributed by atoms with van der Waals surface area (Å²) in [5.74, 6) is 0.113. The number of anilines is 2. The molecule has 1 aromatic rings. The number of amides is 1. The topological polar surface area (TPSA) is 66.5 Å². The molecule has 104 valence electrons. The van der Waals surface area contributed by atoms with Gasteiger partial charge >= 0.3 is 0 Å². The third kappa shape index (κ3) is 2.89. The van der Waals surface area contributed by atoms with Crippen molar-refractivity contribution >= 4 is 27.3 Å². The zero-order valence-electron chi connectivity index (χ0n) is 11.1. The summed E-state index contributed by atoms with van der Waals surface area (Å²) < 4.78 is 25.2. The van der Waals surface area contributed by atoms with Crippen LogP contribution < -0.4 is 9.62 Å². The van der Waals surface area contributed by atoms with Crippen LogP contribution in [0.4, 0.5) is 11.4 Å². The van der Waals surface area contributed by atoms with Gasteiger partial charge in [0.25, 0.3) is 0 Å². The van der Waals surface area contributed by atoms with Crippen LogP contribution in [0.25, 0.3) is 0 Å². The van der Waals surface area contributed by atoms with E-state index in [1.807, 2.05) is 13.0 Å². The summed E-state index contributed by atoms with van der Waals surface area (Å²) >= 11 is 0. The van der Waals surface area contributed by atoms with E-state index in [-0.39, 0.29) is 11.7 Å². The van der Waals surface area contributed by atoms with Crippen LogP contribution in [0.1, 0.15) is 25.3 Å². The van der Waals surface area contributed by atoms with E-state index < -0.39 is 10.0 Å². The van der Waals surface area contributed by atoms with Crippen molar-refractivity contribution in [2.75, 3.05) is 21.9 Å². The van der Waals surface area contributed by atoms with E-state index >= 15 is 0 Å². The highest BCUT2D eigenvalue weighted by molar-refractivity contribution is 7.93. The maximum absolute atomic E-state index is 11.9. The highest BCUT2D eigenvalue weighted by Crippen LogP contribution is 2.28. The molecule has 1 aromatic carbocycles. The van der Waals surface area contributed by atoms with E-state index in [9.17, 15) is 13.2 Å². The van der Waals surface area contributed by atoms with E-state index in [0.717, 1.165) is 5.56 Å². The maximum Gasteiger partial charge on any atom is 0.235 e. The van der Waals surface area contributed by atoms with Crippen LogP contribution in [0.2, 0.25) is 0 Å². The number of carbonyl (C=O) groups is 1. The Bertz CT molecular complexity index is 596. The first kappa shape index (κ1) is 13.9. The van der Waals surface area contributed by atoms with Gasteiger partial charge in [-0.3, -0.25) is 9.10 Å². The maximum atomic E-state index is 11.9. The highest BCUT2D eigenvalue weighted by atomic mass is 32.2. The van der Waals surface area contributed by atoms with E-state index in [1.54, 1.807) is 19.1 Å². The lowest BCUT2D eigenvalue weighted by Crippen LogP contribution is -2.25. The molecule has 0 bridgehead atoms. The zero-order chi connectivity index (χ0) is 14.0. The van der Waals surface area contributed by atoms with Gasteiger partial charge in [0.05, 0.1) is 11.4 Å². The summed E-state index contributed by atoms with van der Waals surface area (Å²) in [6.07, 6.45) is 1.04. The van der Waals surface area contributed by atoms with Crippen LogP contribution in [-0.4, -0.2) is 26.6 Å². The van der Waals surface area contributed by atoms with Crippen molar-refractivity contribution in [3.05, 3.63) is 23.8 Å². The second kappa shape index (κ2) is 5.21. The Morgan fingerprint density at radius 2 is 2.16 bits per heavy atom. The van der Waals surface area contributed by atoms with Crippen LogP contribution in [0, 0.1) is 6.92 Å². The monoisotopic (exact) mass is 282 g/mol. The van der Waals surface area contributed by atoms with E-state index in [4.69, 9.17) is 0 Å². The van der Waals surface area contributed by atoms with Crippen molar-refractivity contribution in [3.8, 4) is 0 Å². The number of carbonyl (C=O) groups excluding carboxylic acids is 1. The summed E-state index contributed by atoms with van der Waals surface area (Å²) in [6, 6.07) is 5.33. The fourth-order valence-corrected chi connectivity index (χ4v) is 3.62. The van der Waals surface area contributed by atoms with E-state index in [0.29, 0.717) is 30.8 Å². The Hall–Kier alpha value is -1.56. The average molecular weight is 282 g/mol. The molecule has 0 radical (unpaired) electrons. The molecule has 1 fully saturated rings. The van der Waals surface area contributed by atoms with Gasteiger partial charge < -0.3 is 5.32 Å². The SMILES string of the molecule is CCC(=O)Nc1cc(N2CCCS2(=O)=O)ccc1C. The van der Waals surface area contributed by atoms with Crippen molar-refractivity contribution in [2.45, 2.75) is 26.7 Å². The lowest BCUT2D eigenvalue weighted by atomic mass is 10.1. The predicted octanol–water partition coefficient (Wildman–Crippen LogP) is 1.88. The van der Waals surface area contributed by atoms with Crippen molar-refractivity contribution in [1.29, 1.82) is 0 Å². The fraction of sp³-hybridized carbons (Fsp3) is 0.462. The molecule has 0 aliphatic carbocycles. The largest absolute Gasteiger partial charge is 0.326 e. The van der Waals surface area contributed by atoms with Crippen LogP contribution in [-0.2, 0) is 14.8 Å². The van der Waals surface area contributed by atoms with Crippen molar-refractivity contribution < 1.29 is 13.2 Å². The molecule has 2 rings (SSSR count). The smallest absolute Gasteiger partial charge is 0.235 e. The molecule has 6 heteroatoms. The molecule has 19 heavy (non-hydrogen) atoms. The molecule has 1 aliphatic rings. The van der Waals surface area contributed by atoms with E-state index in [2.05, 4.69) is 5.32 Å². The van der Waals surface area contributed by atoms with Gasteiger partial charge in [-0.15, -0.1) is 0 Å². The molecule has 0 aromatic heterocycles. The Balaban J connectivity index is 2.33. The Labute approximate surface area is 113 Å². The minimum absolute atomic E-state index is 0.0791. The standard InChI is InChI=1S/C13H18N2O3S/c1-3-13(16)14-12-9-11(6-5-10(12)2)15-7-4-8-19(15,17)18/h5-6,9H,3-4,7-8H2,1-2H3,(H,14,16). The van der Waals surface area contributed by atoms with Crippen molar-refractivity contribution in [2.24, 2.45) is 0 Å². The van der Waals surface area contributed by atoms with Gasteiger partial charge in [-0.05, 0) is 31.0 Å². The number of hydrogen-bond donors (Lipinski definition) is 1. The molecule has 0 unspecified atom stereocenters. The lowest BCUT2D eigenvalue weighted by molar-refractivity contribution is -0.115. The van der Waals surface area contributed by atoms with Gasteiger partial charge in [-0.2, -0.15) is 0 Å². The van der Waals surface area contributed by atoms with Gasteiger partial charge in [0, 0.05) is 18.7 Å². The molecular formula is C13H18N2O3S. The molecule has 1 saturated heterocycles. The number of hydrogen-bond acceptors (Lipinski definition) is 3. The minimum atomic E-state index is -3.18. The molecule has 1 aliphatic heterocycles. The number of aryl methyl sites for hydroxylation is 1. The summed E-state index contributed by atoms with van der Waals surface area (Å²) in [5, 5.41) is 2.79. The lowest BCUT2D eigenvalue weighted by Gasteiger charge is -2.19. The molecule has 0 saturated carbocycles. The molecule has 1 heterocycles. The van der Waals surface area contributed by atoms with Crippen LogP contribution in [0.5, 0.6) is 0 Å². The molecule has 0 spiro atoms. The summed E-state index contributed by atoms with van der Waals surface area (Å²) in [7, 11) is -3.18. The first-order valence-corrected chi connectivity index (χ1v) is 7.96. The van der Waals surface area contributed by atoms with Gasteiger partial charge in [0.15, 0.2) is 0 Å². The number of nitrogens with zero attached hydrogens (tertiary/aromatic N) is 1. The molecule has 0 atom stereocenters. The summed E-state index contributed by atoms with van der Waals surface area (Å²) in [5.41, 5.74) is 2.21. The Morgan fingerprint density at radius 3 is 2.74 bits per heavy atom. The number of rotatable bonds is 3. The Kier molecular flexibility index (Phi) is 3.80. The molecule has 1 amide bonds. The van der Waals surface area contributed by atoms with Gasteiger partial charge in [0.1, 0.15) is 0 Å². The highest BCUT2D eigenvalue weighted by Gasteiger charge is 2.28. The quantitative estimate of drug-likeness (QED) is 0.920. The van der Waals surface area contributed by atoms with Crippen molar-refractivity contribution in [3.63, 3.8) is 0 Å². The summed E-state index contributed by atoms with van der Waals surface area (Å²) in [4.78, 5) is 11.5. The van der Waals surface area contributed by atoms with Gasteiger partial charge in [0.2, 0.25) is 15.9 Å². The number of benzene rings is 1. The van der Waals surface area contributed by atoms with Crippen LogP contribution in [0.15, 0.2) is 18.2 Å². The third-order valence-corrected chi connectivity index (χ3v) is 5.07. The van der Waals surface area contributed by atoms with Crippen molar-refractivity contribution in [1.82, 2.24) is 0 Å². The Morgan fingerprint density at radius 1 is 1.42 bits per heavy atom. The van der Waals surface area contributed by atoms with Gasteiger partial charge in [-0.1, -0.05) is 13.0 Å². The molecule has 5 nitrogen and oxygen atoms in total. The first-order chi connectivity index (χ1) is 8.94. The fourth-order valence-electron chi connectivity index (χ4n) is 2.07. The number of sulfonamides is 1. The van der Waals surface area contributed by atoms with Gasteiger partial charge in [-0.25, -0.2) is 8.42 Å². The molecular weight excluding hydrogens is 264 g/mol. The van der Waals surface area contributed by atoms with E-state index in [1.165, 1.54) is 4.31 Å². The number of nitrogens with one attached hydrogen (secondary N) is 1. The summed E-state index contributed by atoms with van der Waals surface area (Å²) in [6.45, 7) is 4.17.